The Morgan fingerprint density at radius 2 is 2.04 bits per heavy atom. The number of nitro benzene ring substituents is 1. The number of piperidine rings is 1. The summed E-state index contributed by atoms with van der Waals surface area (Å²) in [7, 11) is 1.35. The Bertz CT molecular complexity index is 622. The van der Waals surface area contributed by atoms with Crippen molar-refractivity contribution in [2.24, 2.45) is 5.92 Å². The van der Waals surface area contributed by atoms with Crippen LogP contribution < -0.4 is 4.90 Å². The minimum absolute atomic E-state index is 0.0781. The highest BCUT2D eigenvalue weighted by atomic mass is 16.6. The number of carboxylic acid groups (broad SMARTS) is 1. The summed E-state index contributed by atoms with van der Waals surface area (Å²) in [6.07, 6.45) is 1.84. The van der Waals surface area contributed by atoms with Crippen LogP contribution in [-0.2, 0) is 9.53 Å². The molecule has 0 radical (unpaired) electrons. The normalized spacial score (nSPS) is 15.3. The second kappa shape index (κ2) is 7.08. The minimum Gasteiger partial charge on any atom is -0.478 e. The number of carboxylic acids is 1. The number of carbonyl (C=O) groups is 2. The van der Waals surface area contributed by atoms with Crippen molar-refractivity contribution in [3.05, 3.63) is 33.9 Å². The van der Waals surface area contributed by atoms with Crippen LogP contribution in [0.2, 0.25) is 0 Å². The molecule has 0 saturated carbocycles. The zero-order chi connectivity index (χ0) is 17.0. The van der Waals surface area contributed by atoms with E-state index in [1.807, 2.05) is 4.90 Å². The number of hydrogen-bond acceptors (Lipinski definition) is 6. The van der Waals surface area contributed by atoms with Gasteiger partial charge in [0.25, 0.3) is 5.69 Å². The molecule has 1 heterocycles. The minimum atomic E-state index is -1.19. The molecular weight excluding hydrogens is 304 g/mol. The van der Waals surface area contributed by atoms with E-state index in [0.29, 0.717) is 25.2 Å². The summed E-state index contributed by atoms with van der Waals surface area (Å²) in [6.45, 7) is 1.19. The average Bonchev–Trinajstić information content (AvgIpc) is 2.54. The first-order chi connectivity index (χ1) is 10.9. The lowest BCUT2D eigenvalue weighted by atomic mass is 9.93. The SMILES string of the molecule is COC(=O)CC1CCN(c2ccc([N+](=O)[O-])cc2C(=O)O)CC1. The number of methoxy groups -OCH3 is 1. The summed E-state index contributed by atoms with van der Waals surface area (Å²) in [6, 6.07) is 3.86. The van der Waals surface area contributed by atoms with Crippen molar-refractivity contribution in [1.29, 1.82) is 0 Å². The zero-order valence-corrected chi connectivity index (χ0v) is 12.7. The molecule has 23 heavy (non-hydrogen) atoms. The number of rotatable bonds is 5. The Morgan fingerprint density at radius 1 is 1.39 bits per heavy atom. The highest BCUT2D eigenvalue weighted by Gasteiger charge is 2.25. The van der Waals surface area contributed by atoms with Crippen LogP contribution in [0.4, 0.5) is 11.4 Å². The fraction of sp³-hybridized carbons (Fsp3) is 0.467. The first kappa shape index (κ1) is 16.7. The predicted molar refractivity (Wildman–Crippen MR) is 81.6 cm³/mol. The number of anilines is 1. The lowest BCUT2D eigenvalue weighted by Gasteiger charge is -2.33. The molecule has 1 N–H and O–H groups in total. The molecule has 8 nitrogen and oxygen atoms in total. The van der Waals surface area contributed by atoms with E-state index < -0.39 is 10.9 Å². The number of benzene rings is 1. The quantitative estimate of drug-likeness (QED) is 0.502. The topological polar surface area (TPSA) is 110 Å². The van der Waals surface area contributed by atoms with Crippen molar-refractivity contribution in [2.45, 2.75) is 19.3 Å². The summed E-state index contributed by atoms with van der Waals surface area (Å²) in [5.74, 6) is -1.23. The first-order valence-electron chi connectivity index (χ1n) is 7.26. The van der Waals surface area contributed by atoms with Crippen LogP contribution in [0.5, 0.6) is 0 Å². The largest absolute Gasteiger partial charge is 0.478 e. The van der Waals surface area contributed by atoms with E-state index in [1.54, 1.807) is 0 Å². The van der Waals surface area contributed by atoms with Crippen molar-refractivity contribution < 1.29 is 24.4 Å². The van der Waals surface area contributed by atoms with Gasteiger partial charge in [-0.25, -0.2) is 4.79 Å². The average molecular weight is 322 g/mol. The Kier molecular flexibility index (Phi) is 5.15. The van der Waals surface area contributed by atoms with Gasteiger partial charge in [-0.2, -0.15) is 0 Å². The third-order valence-corrected chi connectivity index (χ3v) is 4.06. The van der Waals surface area contributed by atoms with Crippen LogP contribution in [0, 0.1) is 16.0 Å². The van der Waals surface area contributed by atoms with Gasteiger partial charge in [0.15, 0.2) is 0 Å². The van der Waals surface area contributed by atoms with Gasteiger partial charge in [0, 0.05) is 31.6 Å². The number of non-ortho nitro benzene ring substituents is 1. The van der Waals surface area contributed by atoms with E-state index in [1.165, 1.54) is 19.2 Å². The molecule has 1 fully saturated rings. The first-order valence-corrected chi connectivity index (χ1v) is 7.26. The Hall–Kier alpha value is -2.64. The third kappa shape index (κ3) is 3.97. The summed E-state index contributed by atoms with van der Waals surface area (Å²) in [5, 5.41) is 20.1. The van der Waals surface area contributed by atoms with Gasteiger partial charge in [0.2, 0.25) is 0 Å². The van der Waals surface area contributed by atoms with Crippen LogP contribution in [-0.4, -0.2) is 42.2 Å². The maximum absolute atomic E-state index is 11.4. The fourth-order valence-corrected chi connectivity index (χ4v) is 2.78. The van der Waals surface area contributed by atoms with E-state index in [-0.39, 0.29) is 23.1 Å². The smallest absolute Gasteiger partial charge is 0.338 e. The van der Waals surface area contributed by atoms with Gasteiger partial charge in [0.05, 0.1) is 23.3 Å². The van der Waals surface area contributed by atoms with E-state index in [2.05, 4.69) is 4.74 Å². The maximum atomic E-state index is 11.4. The maximum Gasteiger partial charge on any atom is 0.338 e. The highest BCUT2D eigenvalue weighted by Crippen LogP contribution is 2.30. The van der Waals surface area contributed by atoms with Gasteiger partial charge in [-0.15, -0.1) is 0 Å². The number of ether oxygens (including phenoxy) is 1. The van der Waals surface area contributed by atoms with E-state index >= 15 is 0 Å². The van der Waals surface area contributed by atoms with Crippen molar-refractivity contribution in [3.63, 3.8) is 0 Å². The summed E-state index contributed by atoms with van der Waals surface area (Å²) in [4.78, 5) is 34.7. The van der Waals surface area contributed by atoms with Crippen molar-refractivity contribution in [3.8, 4) is 0 Å². The molecule has 1 saturated heterocycles. The third-order valence-electron chi connectivity index (χ3n) is 4.06. The second-order valence-electron chi connectivity index (χ2n) is 5.47. The molecule has 0 unspecified atom stereocenters. The number of nitro groups is 1. The van der Waals surface area contributed by atoms with Gasteiger partial charge in [-0.3, -0.25) is 14.9 Å². The molecule has 0 aromatic heterocycles. The van der Waals surface area contributed by atoms with E-state index in [9.17, 15) is 24.8 Å². The summed E-state index contributed by atoms with van der Waals surface area (Å²) < 4.78 is 4.66. The highest BCUT2D eigenvalue weighted by molar-refractivity contribution is 5.95. The molecule has 0 bridgehead atoms. The van der Waals surface area contributed by atoms with Crippen molar-refractivity contribution >= 4 is 23.3 Å². The van der Waals surface area contributed by atoms with Gasteiger partial charge in [-0.05, 0) is 24.8 Å². The summed E-state index contributed by atoms with van der Waals surface area (Å²) >= 11 is 0. The molecular formula is C15H18N2O6. The van der Waals surface area contributed by atoms with Crippen LogP contribution >= 0.6 is 0 Å². The molecule has 0 aliphatic carbocycles. The molecule has 2 rings (SSSR count). The lowest BCUT2D eigenvalue weighted by molar-refractivity contribution is -0.384. The molecule has 124 valence electrons. The lowest BCUT2D eigenvalue weighted by Crippen LogP contribution is -2.35. The molecule has 1 aliphatic heterocycles. The predicted octanol–water partition coefficient (Wildman–Crippen LogP) is 2.07. The Morgan fingerprint density at radius 3 is 2.57 bits per heavy atom. The number of aromatic carboxylic acids is 1. The molecule has 0 atom stereocenters. The fourth-order valence-electron chi connectivity index (χ4n) is 2.78. The van der Waals surface area contributed by atoms with Gasteiger partial charge < -0.3 is 14.7 Å². The summed E-state index contributed by atoms with van der Waals surface area (Å²) in [5.41, 5.74) is 0.150. The number of carbonyl (C=O) groups excluding carboxylic acids is 1. The van der Waals surface area contributed by atoms with Crippen LogP contribution in [0.25, 0.3) is 0 Å². The van der Waals surface area contributed by atoms with Gasteiger partial charge in [-0.1, -0.05) is 0 Å². The monoisotopic (exact) mass is 322 g/mol. The number of esters is 1. The zero-order valence-electron chi connectivity index (χ0n) is 12.7. The number of hydrogen-bond donors (Lipinski definition) is 1. The Labute approximate surface area is 132 Å². The molecule has 1 aromatic rings. The molecule has 0 amide bonds. The Balaban J connectivity index is 2.12. The van der Waals surface area contributed by atoms with Gasteiger partial charge >= 0.3 is 11.9 Å². The second-order valence-corrected chi connectivity index (χ2v) is 5.47. The van der Waals surface area contributed by atoms with E-state index in [4.69, 9.17) is 0 Å². The molecule has 8 heteroatoms. The number of nitrogens with zero attached hydrogens (tertiary/aromatic N) is 2. The molecule has 1 aromatic carbocycles. The van der Waals surface area contributed by atoms with Crippen LogP contribution in [0.15, 0.2) is 18.2 Å². The van der Waals surface area contributed by atoms with Crippen LogP contribution in [0.3, 0.4) is 0 Å². The standard InChI is InChI=1S/C15H18N2O6/c1-23-14(18)8-10-4-6-16(7-5-10)13-3-2-11(17(21)22)9-12(13)15(19)20/h2-3,9-10H,4-8H2,1H3,(H,19,20). The van der Waals surface area contributed by atoms with Crippen molar-refractivity contribution in [1.82, 2.24) is 0 Å². The molecule has 0 spiro atoms. The van der Waals surface area contributed by atoms with Crippen molar-refractivity contribution in [2.75, 3.05) is 25.1 Å². The molecule has 1 aliphatic rings. The van der Waals surface area contributed by atoms with Gasteiger partial charge in [0.1, 0.15) is 0 Å². The van der Waals surface area contributed by atoms with E-state index in [0.717, 1.165) is 18.9 Å². The van der Waals surface area contributed by atoms with Crippen LogP contribution in [0.1, 0.15) is 29.6 Å².